The lowest BCUT2D eigenvalue weighted by Gasteiger charge is -2.34. The highest BCUT2D eigenvalue weighted by atomic mass is 16.2. The number of nitrogens with one attached hydrogen (secondary N) is 1. The van der Waals surface area contributed by atoms with Crippen LogP contribution in [-0.4, -0.2) is 48.6 Å². The minimum absolute atomic E-state index is 0.0843. The average Bonchev–Trinajstić information content (AvgIpc) is 2.75. The second-order valence-electron chi connectivity index (χ2n) is 5.75. The van der Waals surface area contributed by atoms with E-state index in [1.54, 1.807) is 4.90 Å². The van der Waals surface area contributed by atoms with Crippen LogP contribution in [0.4, 0.5) is 0 Å². The minimum atomic E-state index is -0.441. The van der Waals surface area contributed by atoms with E-state index in [9.17, 15) is 14.4 Å². The van der Waals surface area contributed by atoms with Crippen molar-refractivity contribution in [2.75, 3.05) is 13.1 Å². The highest BCUT2D eigenvalue weighted by Crippen LogP contribution is 2.24. The molecule has 2 atom stereocenters. The Hall–Kier alpha value is -1.23. The van der Waals surface area contributed by atoms with Gasteiger partial charge in [0.1, 0.15) is 12.6 Å². The number of carbonyl (C=O) groups excluding carboxylic acids is 3. The molecule has 0 aromatic heterocycles. The lowest BCUT2D eigenvalue weighted by atomic mass is 9.85. The fourth-order valence-electron chi connectivity index (χ4n) is 2.30. The number of nitrogens with zero attached hydrogens (tertiary/aromatic N) is 1. The number of carbonyl (C=O) groups is 3. The zero-order valence-electron chi connectivity index (χ0n) is 11.3. The summed E-state index contributed by atoms with van der Waals surface area (Å²) in [5.41, 5.74) is -0.296. The number of hydrogen-bond acceptors (Lipinski definition) is 4. The van der Waals surface area contributed by atoms with Crippen LogP contribution in [0.3, 0.4) is 0 Å². The fraction of sp³-hybridized carbons (Fsp3) is 0.769. The molecule has 0 bridgehead atoms. The number of likely N-dealkylation sites (tertiary alicyclic amines) is 1. The smallest absolute Gasteiger partial charge is 0.240 e. The first-order valence-corrected chi connectivity index (χ1v) is 6.34. The van der Waals surface area contributed by atoms with Crippen LogP contribution in [0.15, 0.2) is 0 Å². The van der Waals surface area contributed by atoms with Crippen LogP contribution in [0.25, 0.3) is 0 Å². The lowest BCUT2D eigenvalue weighted by Crippen LogP contribution is -2.54. The molecule has 1 aliphatic rings. The van der Waals surface area contributed by atoms with Gasteiger partial charge >= 0.3 is 0 Å². The summed E-state index contributed by atoms with van der Waals surface area (Å²) in [5, 5.41) is 2.96. The Labute approximate surface area is 108 Å². The second-order valence-corrected chi connectivity index (χ2v) is 5.75. The molecule has 1 heterocycles. The van der Waals surface area contributed by atoms with Crippen molar-refractivity contribution in [1.29, 1.82) is 0 Å². The summed E-state index contributed by atoms with van der Waals surface area (Å²) >= 11 is 0. The van der Waals surface area contributed by atoms with Crippen molar-refractivity contribution in [3.8, 4) is 0 Å². The lowest BCUT2D eigenvalue weighted by molar-refractivity contribution is -0.139. The van der Waals surface area contributed by atoms with Gasteiger partial charge in [-0.1, -0.05) is 20.8 Å². The number of hydrogen-bond donors (Lipinski definition) is 1. The van der Waals surface area contributed by atoms with E-state index >= 15 is 0 Å². The topological polar surface area (TPSA) is 66.5 Å². The molecule has 1 rings (SSSR count). The normalized spacial score (nSPS) is 21.7. The third-order valence-electron chi connectivity index (χ3n) is 3.26. The van der Waals surface area contributed by atoms with Crippen LogP contribution in [0.1, 0.15) is 33.6 Å². The molecule has 5 heteroatoms. The highest BCUT2D eigenvalue weighted by molar-refractivity contribution is 5.86. The third-order valence-corrected chi connectivity index (χ3v) is 3.26. The molecule has 1 N–H and O–H groups in total. The molecule has 1 aliphatic heterocycles. The van der Waals surface area contributed by atoms with Crippen LogP contribution < -0.4 is 5.32 Å². The molecule has 0 aromatic carbocycles. The Morgan fingerprint density at radius 2 is 2.11 bits per heavy atom. The van der Waals surface area contributed by atoms with Crippen molar-refractivity contribution in [2.45, 2.75) is 45.7 Å². The summed E-state index contributed by atoms with van der Waals surface area (Å²) in [4.78, 5) is 35.5. The predicted molar refractivity (Wildman–Crippen MR) is 68.1 cm³/mol. The molecule has 0 saturated carbocycles. The van der Waals surface area contributed by atoms with Crippen LogP contribution in [0, 0.1) is 5.41 Å². The van der Waals surface area contributed by atoms with E-state index in [0.29, 0.717) is 6.54 Å². The van der Waals surface area contributed by atoms with Gasteiger partial charge in [-0.25, -0.2) is 0 Å². The number of amides is 1. The average molecular weight is 254 g/mol. The van der Waals surface area contributed by atoms with E-state index < -0.39 is 6.04 Å². The molecule has 1 amide bonds. The molecular weight excluding hydrogens is 232 g/mol. The van der Waals surface area contributed by atoms with Crippen molar-refractivity contribution in [3.05, 3.63) is 0 Å². The molecule has 0 unspecified atom stereocenters. The van der Waals surface area contributed by atoms with E-state index in [4.69, 9.17) is 0 Å². The van der Waals surface area contributed by atoms with E-state index in [-0.39, 0.29) is 23.9 Å². The molecule has 1 fully saturated rings. The third kappa shape index (κ3) is 3.38. The predicted octanol–water partition coefficient (Wildman–Crippen LogP) is 0.379. The van der Waals surface area contributed by atoms with E-state index in [1.165, 1.54) is 0 Å². The number of aldehydes is 2. The molecule has 102 valence electrons. The molecule has 18 heavy (non-hydrogen) atoms. The Kier molecular flexibility index (Phi) is 5.02. The molecule has 0 spiro atoms. The zero-order chi connectivity index (χ0) is 13.8. The summed E-state index contributed by atoms with van der Waals surface area (Å²) in [5.74, 6) is -0.0843. The van der Waals surface area contributed by atoms with Crippen LogP contribution >= 0.6 is 0 Å². The zero-order valence-corrected chi connectivity index (χ0v) is 11.3. The van der Waals surface area contributed by atoms with Gasteiger partial charge in [-0.2, -0.15) is 0 Å². The first-order valence-electron chi connectivity index (χ1n) is 6.34. The Morgan fingerprint density at radius 3 is 2.61 bits per heavy atom. The first-order chi connectivity index (χ1) is 8.41. The van der Waals surface area contributed by atoms with Crippen molar-refractivity contribution < 1.29 is 14.4 Å². The van der Waals surface area contributed by atoms with Crippen LogP contribution in [0.5, 0.6) is 0 Å². The Bertz CT molecular complexity index is 323. The summed E-state index contributed by atoms with van der Waals surface area (Å²) < 4.78 is 0. The standard InChI is InChI=1S/C13H22N2O3/c1-13(2,3)11(14-6-8-16)12(18)15-7-4-5-10(15)9-17/h8-11,14H,4-7H2,1-3H3/t10-,11+/m0/s1. The summed E-state index contributed by atoms with van der Waals surface area (Å²) in [7, 11) is 0. The van der Waals surface area contributed by atoms with Gasteiger partial charge in [-0.3, -0.25) is 10.1 Å². The molecule has 0 radical (unpaired) electrons. The van der Waals surface area contributed by atoms with Gasteiger partial charge in [0.15, 0.2) is 0 Å². The molecule has 0 aromatic rings. The molecule has 0 aliphatic carbocycles. The van der Waals surface area contributed by atoms with Gasteiger partial charge in [0.05, 0.1) is 18.6 Å². The van der Waals surface area contributed by atoms with Gasteiger partial charge in [-0.05, 0) is 18.3 Å². The van der Waals surface area contributed by atoms with Gasteiger partial charge in [0, 0.05) is 6.54 Å². The molecule has 1 saturated heterocycles. The summed E-state index contributed by atoms with van der Waals surface area (Å²) in [6, 6.07) is -0.747. The quantitative estimate of drug-likeness (QED) is 0.720. The Morgan fingerprint density at radius 1 is 1.44 bits per heavy atom. The molecular formula is C13H22N2O3. The van der Waals surface area contributed by atoms with E-state index in [2.05, 4.69) is 5.32 Å². The van der Waals surface area contributed by atoms with Crippen LogP contribution in [0.2, 0.25) is 0 Å². The highest BCUT2D eigenvalue weighted by Gasteiger charge is 2.38. The van der Waals surface area contributed by atoms with Crippen molar-refractivity contribution >= 4 is 18.5 Å². The van der Waals surface area contributed by atoms with Crippen LogP contribution in [-0.2, 0) is 14.4 Å². The van der Waals surface area contributed by atoms with Crippen molar-refractivity contribution in [2.24, 2.45) is 5.41 Å². The summed E-state index contributed by atoms with van der Waals surface area (Å²) in [6.07, 6.45) is 3.18. The van der Waals surface area contributed by atoms with Crippen molar-refractivity contribution in [3.63, 3.8) is 0 Å². The SMILES string of the molecule is CC(C)(C)[C@H](NCC=O)C(=O)N1CCC[C@H]1C=O. The fourth-order valence-corrected chi connectivity index (χ4v) is 2.30. The molecule has 5 nitrogen and oxygen atoms in total. The van der Waals surface area contributed by atoms with Gasteiger partial charge in [0.2, 0.25) is 5.91 Å². The van der Waals surface area contributed by atoms with E-state index in [0.717, 1.165) is 25.4 Å². The Balaban J connectivity index is 2.81. The second kappa shape index (κ2) is 6.09. The maximum absolute atomic E-state index is 12.5. The van der Waals surface area contributed by atoms with Crippen molar-refractivity contribution in [1.82, 2.24) is 10.2 Å². The monoisotopic (exact) mass is 254 g/mol. The summed E-state index contributed by atoms with van der Waals surface area (Å²) in [6.45, 7) is 6.60. The van der Waals surface area contributed by atoms with Gasteiger partial charge in [-0.15, -0.1) is 0 Å². The maximum atomic E-state index is 12.5. The van der Waals surface area contributed by atoms with E-state index in [1.807, 2.05) is 20.8 Å². The van der Waals surface area contributed by atoms with Gasteiger partial charge in [0.25, 0.3) is 0 Å². The van der Waals surface area contributed by atoms with Gasteiger partial charge < -0.3 is 14.5 Å². The first kappa shape index (κ1) is 14.8. The number of rotatable bonds is 5. The minimum Gasteiger partial charge on any atom is -0.332 e. The maximum Gasteiger partial charge on any atom is 0.240 e. The largest absolute Gasteiger partial charge is 0.332 e.